The molecule has 1 aliphatic heterocycles. The van der Waals surface area contributed by atoms with Gasteiger partial charge in [-0.05, 0) is 76.6 Å². The van der Waals surface area contributed by atoms with Gasteiger partial charge in [0.15, 0.2) is 0 Å². The highest BCUT2D eigenvalue weighted by atomic mass is 16.1. The van der Waals surface area contributed by atoms with Crippen molar-refractivity contribution in [2.75, 3.05) is 0 Å². The van der Waals surface area contributed by atoms with Crippen LogP contribution in [0.5, 0.6) is 0 Å². The van der Waals surface area contributed by atoms with E-state index < -0.39 is 0 Å². The Hall–Kier alpha value is -2.13. The lowest BCUT2D eigenvalue weighted by Crippen LogP contribution is -2.62. The van der Waals surface area contributed by atoms with Crippen molar-refractivity contribution in [1.82, 2.24) is 10.6 Å². The first-order chi connectivity index (χ1) is 12.7. The Morgan fingerprint density at radius 1 is 0.889 bits per heavy atom. The quantitative estimate of drug-likeness (QED) is 0.819. The molecule has 0 aliphatic carbocycles. The van der Waals surface area contributed by atoms with Gasteiger partial charge in [-0.1, -0.05) is 42.5 Å². The first-order valence-corrected chi connectivity index (χ1v) is 9.96. The molecule has 0 unspecified atom stereocenters. The fourth-order valence-corrected chi connectivity index (χ4v) is 4.45. The van der Waals surface area contributed by atoms with E-state index in [1.165, 1.54) is 11.1 Å². The molecule has 0 spiro atoms. The maximum atomic E-state index is 12.7. The second-order valence-corrected chi connectivity index (χ2v) is 9.15. The number of hydrogen-bond acceptors (Lipinski definition) is 2. The number of rotatable bonds is 5. The molecule has 27 heavy (non-hydrogen) atoms. The second-order valence-electron chi connectivity index (χ2n) is 9.15. The van der Waals surface area contributed by atoms with Crippen LogP contribution in [-0.4, -0.2) is 23.0 Å². The highest BCUT2D eigenvalue weighted by molar-refractivity contribution is 5.94. The molecule has 1 saturated heterocycles. The van der Waals surface area contributed by atoms with Crippen molar-refractivity contribution in [3.05, 3.63) is 71.3 Å². The number of nitrogens with one attached hydrogen (secondary N) is 2. The zero-order valence-corrected chi connectivity index (χ0v) is 17.0. The van der Waals surface area contributed by atoms with Crippen LogP contribution >= 0.6 is 0 Å². The Kier molecular flexibility index (Phi) is 5.71. The minimum atomic E-state index is 0.0288. The van der Waals surface area contributed by atoms with E-state index in [1.807, 2.05) is 18.2 Å². The lowest BCUT2D eigenvalue weighted by atomic mass is 9.79. The van der Waals surface area contributed by atoms with Crippen molar-refractivity contribution in [3.63, 3.8) is 0 Å². The number of benzene rings is 2. The van der Waals surface area contributed by atoms with Gasteiger partial charge >= 0.3 is 0 Å². The van der Waals surface area contributed by atoms with Gasteiger partial charge in [0, 0.05) is 22.7 Å². The minimum absolute atomic E-state index is 0.0288. The van der Waals surface area contributed by atoms with Crippen LogP contribution in [0.1, 0.15) is 62.0 Å². The van der Waals surface area contributed by atoms with Crippen LogP contribution < -0.4 is 10.6 Å². The summed E-state index contributed by atoms with van der Waals surface area (Å²) in [6, 6.07) is 18.8. The van der Waals surface area contributed by atoms with Crippen molar-refractivity contribution in [1.29, 1.82) is 0 Å². The second kappa shape index (κ2) is 7.85. The summed E-state index contributed by atoms with van der Waals surface area (Å²) in [5.41, 5.74) is 3.41. The highest BCUT2D eigenvalue weighted by Crippen LogP contribution is 2.28. The van der Waals surface area contributed by atoms with Gasteiger partial charge in [-0.15, -0.1) is 0 Å². The molecule has 2 aromatic rings. The summed E-state index contributed by atoms with van der Waals surface area (Å²) in [4.78, 5) is 12.7. The molecule has 1 amide bonds. The van der Waals surface area contributed by atoms with E-state index in [-0.39, 0.29) is 23.0 Å². The van der Waals surface area contributed by atoms with Crippen LogP contribution in [0, 0.1) is 0 Å². The number of carbonyl (C=O) groups is 1. The average Bonchev–Trinajstić information content (AvgIpc) is 2.58. The third-order valence-corrected chi connectivity index (χ3v) is 5.29. The molecule has 1 heterocycles. The molecule has 2 aromatic carbocycles. The summed E-state index contributed by atoms with van der Waals surface area (Å²) in [6.07, 6.45) is 3.89. The van der Waals surface area contributed by atoms with Gasteiger partial charge in [0.05, 0.1) is 0 Å². The van der Waals surface area contributed by atoms with Crippen LogP contribution in [0.25, 0.3) is 0 Å². The third kappa shape index (κ3) is 5.67. The molecule has 3 heteroatoms. The number of carbonyl (C=O) groups excluding carboxylic acids is 1. The largest absolute Gasteiger partial charge is 0.349 e. The Bertz CT molecular complexity index is 747. The van der Waals surface area contributed by atoms with Gasteiger partial charge in [0.25, 0.3) is 5.91 Å². The van der Waals surface area contributed by atoms with E-state index in [2.05, 4.69) is 74.7 Å². The van der Waals surface area contributed by atoms with E-state index >= 15 is 0 Å². The van der Waals surface area contributed by atoms with Crippen LogP contribution in [0.2, 0.25) is 0 Å². The Morgan fingerprint density at radius 3 is 1.96 bits per heavy atom. The van der Waals surface area contributed by atoms with Gasteiger partial charge < -0.3 is 10.6 Å². The fraction of sp³-hybridized carbons (Fsp3) is 0.458. The van der Waals surface area contributed by atoms with Crippen molar-refractivity contribution in [2.45, 2.75) is 70.5 Å². The summed E-state index contributed by atoms with van der Waals surface area (Å²) in [5.74, 6) is 0.0307. The smallest absolute Gasteiger partial charge is 0.251 e. The highest BCUT2D eigenvalue weighted by Gasteiger charge is 2.38. The summed E-state index contributed by atoms with van der Waals surface area (Å²) < 4.78 is 0. The van der Waals surface area contributed by atoms with Crippen molar-refractivity contribution in [2.24, 2.45) is 0 Å². The Labute approximate surface area is 163 Å². The molecule has 1 fully saturated rings. The molecule has 0 saturated carbocycles. The third-order valence-electron chi connectivity index (χ3n) is 5.29. The van der Waals surface area contributed by atoms with Gasteiger partial charge in [-0.3, -0.25) is 4.79 Å². The maximum Gasteiger partial charge on any atom is 0.251 e. The van der Waals surface area contributed by atoms with Gasteiger partial charge in [0.2, 0.25) is 0 Å². The zero-order chi connectivity index (χ0) is 19.5. The van der Waals surface area contributed by atoms with Gasteiger partial charge in [0.1, 0.15) is 0 Å². The molecule has 2 N–H and O–H groups in total. The molecule has 0 aromatic heterocycles. The van der Waals surface area contributed by atoms with Crippen molar-refractivity contribution >= 4 is 5.91 Å². The average molecular weight is 365 g/mol. The van der Waals surface area contributed by atoms with E-state index in [4.69, 9.17) is 0 Å². The van der Waals surface area contributed by atoms with Crippen LogP contribution in [0.4, 0.5) is 0 Å². The first kappa shape index (κ1) is 19.6. The number of hydrogen-bond donors (Lipinski definition) is 2. The molecule has 0 atom stereocenters. The summed E-state index contributed by atoms with van der Waals surface area (Å²) >= 11 is 0. The topological polar surface area (TPSA) is 41.1 Å². The molecule has 3 rings (SSSR count). The first-order valence-electron chi connectivity index (χ1n) is 9.96. The fourth-order valence-electron chi connectivity index (χ4n) is 4.45. The number of amides is 1. The van der Waals surface area contributed by atoms with Crippen molar-refractivity contribution in [3.8, 4) is 0 Å². The SMILES string of the molecule is CC1(C)CC(NC(=O)c2ccc(CCc3ccccc3)cc2)CC(C)(C)N1. The standard InChI is InChI=1S/C24H32N2O/c1-23(2)16-21(17-24(3,4)26-23)25-22(27)20-14-12-19(13-15-20)11-10-18-8-6-5-7-9-18/h5-9,12-15,21,26H,10-11,16-17H2,1-4H3,(H,25,27). The predicted octanol–water partition coefficient (Wildman–Crippen LogP) is 4.51. The van der Waals surface area contributed by atoms with E-state index in [0.717, 1.165) is 31.2 Å². The molecular formula is C24H32N2O. The van der Waals surface area contributed by atoms with Crippen LogP contribution in [-0.2, 0) is 12.8 Å². The summed E-state index contributed by atoms with van der Waals surface area (Å²) in [7, 11) is 0. The Morgan fingerprint density at radius 2 is 1.41 bits per heavy atom. The van der Waals surface area contributed by atoms with Gasteiger partial charge in [-0.25, -0.2) is 0 Å². The lowest BCUT2D eigenvalue weighted by molar-refractivity contribution is 0.0873. The van der Waals surface area contributed by atoms with Crippen LogP contribution in [0.15, 0.2) is 54.6 Å². The zero-order valence-electron chi connectivity index (χ0n) is 17.0. The summed E-state index contributed by atoms with van der Waals surface area (Å²) in [6.45, 7) is 8.81. The Balaban J connectivity index is 1.57. The maximum absolute atomic E-state index is 12.7. The van der Waals surface area contributed by atoms with Crippen LogP contribution in [0.3, 0.4) is 0 Å². The number of aryl methyl sites for hydroxylation is 2. The van der Waals surface area contributed by atoms with Gasteiger partial charge in [-0.2, -0.15) is 0 Å². The molecule has 0 bridgehead atoms. The monoisotopic (exact) mass is 364 g/mol. The van der Waals surface area contributed by atoms with E-state index in [1.54, 1.807) is 0 Å². The predicted molar refractivity (Wildman–Crippen MR) is 112 cm³/mol. The molecular weight excluding hydrogens is 332 g/mol. The summed E-state index contributed by atoms with van der Waals surface area (Å²) in [5, 5.41) is 6.90. The van der Waals surface area contributed by atoms with Crippen molar-refractivity contribution < 1.29 is 4.79 Å². The lowest BCUT2D eigenvalue weighted by Gasteiger charge is -2.46. The molecule has 1 aliphatic rings. The molecule has 144 valence electrons. The number of piperidine rings is 1. The molecule has 3 nitrogen and oxygen atoms in total. The van der Waals surface area contributed by atoms with E-state index in [0.29, 0.717) is 0 Å². The van der Waals surface area contributed by atoms with E-state index in [9.17, 15) is 4.79 Å². The normalized spacial score (nSPS) is 18.8. The molecule has 0 radical (unpaired) electrons. The minimum Gasteiger partial charge on any atom is -0.349 e.